The molecule has 0 heterocycles. The van der Waals surface area contributed by atoms with Crippen LogP contribution in [0.3, 0.4) is 0 Å². The molecule has 5 heteroatoms. The number of thiocarbonyl (C=S) groups is 1. The fourth-order valence-corrected chi connectivity index (χ4v) is 0.684. The van der Waals surface area contributed by atoms with E-state index in [0.717, 1.165) is 13.1 Å². The maximum atomic E-state index is 4.98. The summed E-state index contributed by atoms with van der Waals surface area (Å²) in [6.45, 7) is 5.65. The molecule has 0 saturated carbocycles. The fourth-order valence-electron chi connectivity index (χ4n) is 0.463. The minimum absolute atomic E-state index is 0. The van der Waals surface area contributed by atoms with Crippen LogP contribution < -0.4 is 0 Å². The highest BCUT2D eigenvalue weighted by atomic mass is 35.5. The molecule has 0 bridgehead atoms. The topological polar surface area (TPSA) is 12.5 Å². The molecule has 0 unspecified atom stereocenters. The van der Waals surface area contributed by atoms with Gasteiger partial charge in [-0.15, -0.1) is 17.5 Å². The van der Waals surface area contributed by atoms with E-state index in [-0.39, 0.29) is 16.8 Å². The highest BCUT2D eigenvalue weighted by Crippen LogP contribution is 1.93. The average Bonchev–Trinajstić information content (AvgIpc) is 1.82. The van der Waals surface area contributed by atoms with Gasteiger partial charge in [-0.25, -0.2) is 0 Å². The lowest BCUT2D eigenvalue weighted by Gasteiger charge is -2.16. The summed E-state index contributed by atoms with van der Waals surface area (Å²) >= 11 is 8.42. The zero-order valence-electron chi connectivity index (χ0n) is 6.03. The predicted molar refractivity (Wildman–Crippen MR) is 52.8 cm³/mol. The van der Waals surface area contributed by atoms with Crippen molar-refractivity contribution < 1.29 is 4.84 Å². The minimum atomic E-state index is 0. The van der Waals surface area contributed by atoms with Crippen LogP contribution in [0.15, 0.2) is 0 Å². The van der Waals surface area contributed by atoms with Gasteiger partial charge in [0, 0.05) is 13.1 Å². The molecule has 0 aromatic heterocycles. The first-order valence-electron chi connectivity index (χ1n) is 2.86. The van der Waals surface area contributed by atoms with E-state index in [1.54, 1.807) is 5.06 Å². The van der Waals surface area contributed by atoms with Gasteiger partial charge in [-0.05, 0) is 26.1 Å². The number of nitrogens with zero attached hydrogens (tertiary/aromatic N) is 1. The number of halogens is 1. The van der Waals surface area contributed by atoms with E-state index in [1.807, 2.05) is 13.8 Å². The van der Waals surface area contributed by atoms with Crippen LogP contribution in [0, 0.1) is 0 Å². The Labute approximate surface area is 78.7 Å². The van der Waals surface area contributed by atoms with Gasteiger partial charge in [0.25, 0.3) is 0 Å². The molecular weight excluding hydrogens is 190 g/mol. The summed E-state index contributed by atoms with van der Waals surface area (Å²) in [5.41, 5.74) is 0. The van der Waals surface area contributed by atoms with E-state index in [4.69, 9.17) is 4.84 Å². The number of thiol groups is 1. The Hall–Kier alpha value is 0.490. The predicted octanol–water partition coefficient (Wildman–Crippen LogP) is 1.90. The van der Waals surface area contributed by atoms with Crippen LogP contribution >= 0.6 is 37.3 Å². The summed E-state index contributed by atoms with van der Waals surface area (Å²) in [5, 5.41) is 1.73. The van der Waals surface area contributed by atoms with E-state index in [2.05, 4.69) is 24.8 Å². The molecule has 0 spiro atoms. The van der Waals surface area contributed by atoms with Crippen molar-refractivity contribution in [2.45, 2.75) is 13.8 Å². The first-order valence-corrected chi connectivity index (χ1v) is 3.72. The fraction of sp³-hybridized carbons (Fsp3) is 0.800. The molecule has 0 N–H and O–H groups in total. The van der Waals surface area contributed by atoms with Crippen LogP contribution in [0.25, 0.3) is 0 Å². The van der Waals surface area contributed by atoms with Gasteiger partial charge in [-0.2, -0.15) is 0 Å². The Morgan fingerprint density at radius 3 is 2.00 bits per heavy atom. The average molecular weight is 202 g/mol. The lowest BCUT2D eigenvalue weighted by atomic mass is 10.6. The third-order valence-corrected chi connectivity index (χ3v) is 1.07. The standard InChI is InChI=1S/C5H11NOS2.ClH/c1-3-6(4-2)7-5(8)9;/h3-4H2,1-2H3,(H,8,9);1H. The Morgan fingerprint density at radius 2 is 1.90 bits per heavy atom. The Balaban J connectivity index is 0. The number of hydroxylamine groups is 2. The van der Waals surface area contributed by atoms with Gasteiger partial charge in [0.05, 0.1) is 0 Å². The zero-order valence-corrected chi connectivity index (χ0v) is 8.56. The molecule has 0 fully saturated rings. The third-order valence-electron chi connectivity index (χ3n) is 0.913. The van der Waals surface area contributed by atoms with Crippen LogP contribution in [0.4, 0.5) is 0 Å². The summed E-state index contributed by atoms with van der Waals surface area (Å²) < 4.78 is 0.277. The van der Waals surface area contributed by atoms with E-state index < -0.39 is 0 Å². The van der Waals surface area contributed by atoms with Crippen molar-refractivity contribution in [2.75, 3.05) is 13.1 Å². The zero-order chi connectivity index (χ0) is 7.28. The smallest absolute Gasteiger partial charge is 0.241 e. The van der Waals surface area contributed by atoms with Gasteiger partial charge < -0.3 is 4.84 Å². The van der Waals surface area contributed by atoms with Crippen molar-refractivity contribution in [2.24, 2.45) is 0 Å². The van der Waals surface area contributed by atoms with Gasteiger partial charge in [0.1, 0.15) is 0 Å². The van der Waals surface area contributed by atoms with Gasteiger partial charge in [-0.3, -0.25) is 0 Å². The molecule has 10 heavy (non-hydrogen) atoms. The Bertz CT molecular complexity index is 97.6. The molecule has 0 rings (SSSR count). The molecule has 0 aromatic rings. The van der Waals surface area contributed by atoms with Crippen molar-refractivity contribution in [1.82, 2.24) is 5.06 Å². The second-order valence-electron chi connectivity index (χ2n) is 1.47. The van der Waals surface area contributed by atoms with Gasteiger partial charge in [0.2, 0.25) is 4.38 Å². The molecule has 62 valence electrons. The SMILES string of the molecule is CCN(CC)OC(=S)S.Cl. The van der Waals surface area contributed by atoms with Crippen molar-refractivity contribution >= 4 is 41.6 Å². The van der Waals surface area contributed by atoms with Crippen molar-refractivity contribution in [3.05, 3.63) is 0 Å². The first kappa shape index (κ1) is 13.1. The molecule has 0 aliphatic heterocycles. The molecule has 0 aliphatic carbocycles. The van der Waals surface area contributed by atoms with Crippen molar-refractivity contribution in [3.8, 4) is 0 Å². The van der Waals surface area contributed by atoms with Crippen molar-refractivity contribution in [3.63, 3.8) is 0 Å². The maximum absolute atomic E-state index is 4.98. The van der Waals surface area contributed by atoms with Gasteiger partial charge >= 0.3 is 0 Å². The second-order valence-corrected chi connectivity index (χ2v) is 2.55. The van der Waals surface area contributed by atoms with Crippen LogP contribution in [0.5, 0.6) is 0 Å². The largest absolute Gasteiger partial charge is 0.387 e. The maximum Gasteiger partial charge on any atom is 0.241 e. The molecular formula is C5H12ClNOS2. The monoisotopic (exact) mass is 201 g/mol. The Morgan fingerprint density at radius 1 is 1.50 bits per heavy atom. The molecule has 0 amide bonds. The van der Waals surface area contributed by atoms with Gasteiger partial charge in [-0.1, -0.05) is 12.6 Å². The lowest BCUT2D eigenvalue weighted by Crippen LogP contribution is -2.24. The number of rotatable bonds is 3. The second kappa shape index (κ2) is 7.60. The summed E-state index contributed by atoms with van der Waals surface area (Å²) in [5.74, 6) is 0. The van der Waals surface area contributed by atoms with Gasteiger partial charge in [0.15, 0.2) is 0 Å². The number of hydrogen-bond donors (Lipinski definition) is 1. The van der Waals surface area contributed by atoms with Crippen LogP contribution in [-0.2, 0) is 4.84 Å². The first-order chi connectivity index (χ1) is 4.20. The van der Waals surface area contributed by atoms with Crippen LogP contribution in [0.1, 0.15) is 13.8 Å². The van der Waals surface area contributed by atoms with E-state index in [9.17, 15) is 0 Å². The normalized spacial score (nSPS) is 8.80. The summed E-state index contributed by atoms with van der Waals surface area (Å²) in [7, 11) is 0. The van der Waals surface area contributed by atoms with E-state index in [1.165, 1.54) is 0 Å². The Kier molecular flexibility index (Phi) is 9.96. The highest BCUT2D eigenvalue weighted by molar-refractivity contribution is 8.10. The summed E-state index contributed by atoms with van der Waals surface area (Å²) in [6, 6.07) is 0. The number of hydrogen-bond acceptors (Lipinski definition) is 3. The summed E-state index contributed by atoms with van der Waals surface area (Å²) in [4.78, 5) is 4.98. The third kappa shape index (κ3) is 6.61. The molecule has 2 nitrogen and oxygen atoms in total. The highest BCUT2D eigenvalue weighted by Gasteiger charge is 1.98. The molecule has 0 saturated heterocycles. The minimum Gasteiger partial charge on any atom is -0.387 e. The molecule has 0 aromatic carbocycles. The van der Waals surface area contributed by atoms with Crippen molar-refractivity contribution in [1.29, 1.82) is 0 Å². The van der Waals surface area contributed by atoms with Crippen LogP contribution in [-0.4, -0.2) is 22.5 Å². The molecule has 0 atom stereocenters. The molecule has 0 radical (unpaired) electrons. The lowest BCUT2D eigenvalue weighted by molar-refractivity contribution is -0.0556. The quantitative estimate of drug-likeness (QED) is 0.426. The molecule has 0 aliphatic rings. The summed E-state index contributed by atoms with van der Waals surface area (Å²) in [6.07, 6.45) is 0. The van der Waals surface area contributed by atoms with E-state index in [0.29, 0.717) is 0 Å². The van der Waals surface area contributed by atoms with E-state index >= 15 is 0 Å². The van der Waals surface area contributed by atoms with Crippen LogP contribution in [0.2, 0.25) is 0 Å².